The van der Waals surface area contributed by atoms with Crippen LogP contribution in [0.15, 0.2) is 36.7 Å². The Morgan fingerprint density at radius 1 is 1.29 bits per heavy atom. The zero-order valence-electron chi connectivity index (χ0n) is 10.1. The van der Waals surface area contributed by atoms with E-state index in [0.29, 0.717) is 6.04 Å². The van der Waals surface area contributed by atoms with E-state index in [1.807, 2.05) is 6.07 Å². The largest absolute Gasteiger partial charge is 0.310 e. The van der Waals surface area contributed by atoms with Gasteiger partial charge in [-0.2, -0.15) is 5.10 Å². The molecule has 0 aliphatic heterocycles. The second kappa shape index (κ2) is 6.15. The summed E-state index contributed by atoms with van der Waals surface area (Å²) in [5.74, 6) is 0.931. The van der Waals surface area contributed by atoms with E-state index in [-0.39, 0.29) is 0 Å². The van der Waals surface area contributed by atoms with Gasteiger partial charge in [0.1, 0.15) is 12.2 Å². The number of hydrogen-bond acceptors (Lipinski definition) is 3. The Morgan fingerprint density at radius 3 is 2.76 bits per heavy atom. The third kappa shape index (κ3) is 3.39. The molecule has 4 nitrogen and oxygen atoms in total. The van der Waals surface area contributed by atoms with Crippen LogP contribution in [0.25, 0.3) is 0 Å². The van der Waals surface area contributed by atoms with Crippen molar-refractivity contribution < 1.29 is 0 Å². The van der Waals surface area contributed by atoms with Crippen molar-refractivity contribution in [3.8, 4) is 0 Å². The Morgan fingerprint density at radius 2 is 2.12 bits per heavy atom. The molecule has 0 fully saturated rings. The second-order valence-electron chi connectivity index (χ2n) is 4.01. The maximum Gasteiger partial charge on any atom is 0.137 e. The third-order valence-corrected chi connectivity index (χ3v) is 2.83. The van der Waals surface area contributed by atoms with Gasteiger partial charge in [0.05, 0.1) is 0 Å². The predicted octanol–water partition coefficient (Wildman–Crippen LogP) is 2.09. The lowest BCUT2D eigenvalue weighted by Gasteiger charge is -2.16. The molecule has 1 atom stereocenters. The Hall–Kier alpha value is -1.68. The van der Waals surface area contributed by atoms with Gasteiger partial charge in [0.25, 0.3) is 0 Å². The fraction of sp³-hybridized carbons (Fsp3) is 0.385. The molecule has 17 heavy (non-hydrogen) atoms. The molecule has 2 N–H and O–H groups in total. The highest BCUT2D eigenvalue weighted by atomic mass is 15.2. The summed E-state index contributed by atoms with van der Waals surface area (Å²) in [5, 5.41) is 10.2. The van der Waals surface area contributed by atoms with Crippen molar-refractivity contribution in [1.29, 1.82) is 0 Å². The minimum Gasteiger partial charge on any atom is -0.310 e. The number of aromatic amines is 1. The fourth-order valence-electron chi connectivity index (χ4n) is 1.90. The van der Waals surface area contributed by atoms with Crippen LogP contribution in [0.3, 0.4) is 0 Å². The van der Waals surface area contributed by atoms with Crippen LogP contribution in [0.5, 0.6) is 0 Å². The summed E-state index contributed by atoms with van der Waals surface area (Å²) in [5.41, 5.74) is 1.34. The summed E-state index contributed by atoms with van der Waals surface area (Å²) >= 11 is 0. The summed E-state index contributed by atoms with van der Waals surface area (Å²) < 4.78 is 0. The monoisotopic (exact) mass is 230 g/mol. The maximum atomic E-state index is 4.10. The van der Waals surface area contributed by atoms with Crippen LogP contribution in [-0.2, 0) is 6.42 Å². The van der Waals surface area contributed by atoms with E-state index in [9.17, 15) is 0 Å². The average molecular weight is 230 g/mol. The van der Waals surface area contributed by atoms with Crippen LogP contribution >= 0.6 is 0 Å². The van der Waals surface area contributed by atoms with Crippen molar-refractivity contribution in [2.75, 3.05) is 6.54 Å². The lowest BCUT2D eigenvalue weighted by atomic mass is 10.0. The summed E-state index contributed by atoms with van der Waals surface area (Å²) in [6, 6.07) is 10.9. The van der Waals surface area contributed by atoms with Gasteiger partial charge in [-0.1, -0.05) is 37.3 Å². The van der Waals surface area contributed by atoms with Crippen molar-refractivity contribution in [3.05, 3.63) is 48.0 Å². The molecule has 0 radical (unpaired) electrons. The van der Waals surface area contributed by atoms with Crippen LogP contribution < -0.4 is 5.32 Å². The van der Waals surface area contributed by atoms with E-state index >= 15 is 0 Å². The van der Waals surface area contributed by atoms with E-state index in [4.69, 9.17) is 0 Å². The number of benzene rings is 1. The van der Waals surface area contributed by atoms with Crippen LogP contribution in [0, 0.1) is 0 Å². The molecule has 2 aromatic rings. The van der Waals surface area contributed by atoms with Crippen molar-refractivity contribution in [2.24, 2.45) is 0 Å². The van der Waals surface area contributed by atoms with E-state index in [1.165, 1.54) is 5.56 Å². The third-order valence-electron chi connectivity index (χ3n) is 2.83. The average Bonchev–Trinajstić information content (AvgIpc) is 2.89. The molecule has 4 heteroatoms. The zero-order valence-corrected chi connectivity index (χ0v) is 10.1. The highest BCUT2D eigenvalue weighted by molar-refractivity contribution is 5.18. The Bertz CT molecular complexity index is 410. The van der Waals surface area contributed by atoms with Gasteiger partial charge in [0, 0.05) is 19.0 Å². The van der Waals surface area contributed by atoms with Gasteiger partial charge in [-0.15, -0.1) is 0 Å². The smallest absolute Gasteiger partial charge is 0.137 e. The molecule has 0 saturated carbocycles. The first-order chi connectivity index (χ1) is 8.40. The minimum absolute atomic E-state index is 0.416. The van der Waals surface area contributed by atoms with Crippen molar-refractivity contribution in [3.63, 3.8) is 0 Å². The highest BCUT2D eigenvalue weighted by Gasteiger charge is 2.07. The number of nitrogens with one attached hydrogen (secondary N) is 2. The van der Waals surface area contributed by atoms with E-state index in [2.05, 4.69) is 51.7 Å². The highest BCUT2D eigenvalue weighted by Crippen LogP contribution is 2.15. The number of aromatic nitrogens is 3. The molecule has 0 saturated heterocycles. The second-order valence-corrected chi connectivity index (χ2v) is 4.01. The van der Waals surface area contributed by atoms with Crippen molar-refractivity contribution in [2.45, 2.75) is 25.8 Å². The molecular formula is C13H18N4. The lowest BCUT2D eigenvalue weighted by molar-refractivity contribution is 0.519. The zero-order chi connectivity index (χ0) is 11.9. The molecule has 1 aromatic carbocycles. The summed E-state index contributed by atoms with van der Waals surface area (Å²) in [4.78, 5) is 4.10. The van der Waals surface area contributed by atoms with Gasteiger partial charge in [-0.05, 0) is 12.0 Å². The quantitative estimate of drug-likeness (QED) is 0.799. The van der Waals surface area contributed by atoms with Gasteiger partial charge in [-0.3, -0.25) is 5.10 Å². The molecule has 2 rings (SSSR count). The van der Waals surface area contributed by atoms with Gasteiger partial charge in [0.2, 0.25) is 0 Å². The summed E-state index contributed by atoms with van der Waals surface area (Å²) in [6.07, 6.45) is 3.51. The van der Waals surface area contributed by atoms with Crippen LogP contribution in [-0.4, -0.2) is 21.7 Å². The number of rotatable bonds is 6. The Balaban J connectivity index is 1.84. The lowest BCUT2D eigenvalue weighted by Crippen LogP contribution is -2.23. The summed E-state index contributed by atoms with van der Waals surface area (Å²) in [6.45, 7) is 3.10. The molecule has 0 spiro atoms. The topological polar surface area (TPSA) is 53.6 Å². The number of hydrogen-bond donors (Lipinski definition) is 2. The molecule has 0 aliphatic carbocycles. The van der Waals surface area contributed by atoms with Gasteiger partial charge in [-0.25, -0.2) is 4.98 Å². The molecule has 1 unspecified atom stereocenters. The standard InChI is InChI=1S/C13H18N4/c1-2-12(11-6-4-3-5-7-11)14-9-8-13-15-10-16-17-13/h3-7,10,12,14H,2,8-9H2,1H3,(H,15,16,17). The first-order valence-electron chi connectivity index (χ1n) is 6.02. The van der Waals surface area contributed by atoms with E-state index in [1.54, 1.807) is 6.33 Å². The maximum absolute atomic E-state index is 4.10. The van der Waals surface area contributed by atoms with Gasteiger partial charge in [0.15, 0.2) is 0 Å². The van der Waals surface area contributed by atoms with Crippen molar-refractivity contribution >= 4 is 0 Å². The van der Waals surface area contributed by atoms with Crippen LogP contribution in [0.2, 0.25) is 0 Å². The fourth-order valence-corrected chi connectivity index (χ4v) is 1.90. The normalized spacial score (nSPS) is 12.5. The minimum atomic E-state index is 0.416. The number of H-pyrrole nitrogens is 1. The molecular weight excluding hydrogens is 212 g/mol. The Labute approximate surface area is 101 Å². The number of nitrogens with zero attached hydrogens (tertiary/aromatic N) is 2. The van der Waals surface area contributed by atoms with Crippen LogP contribution in [0.1, 0.15) is 30.8 Å². The van der Waals surface area contributed by atoms with E-state index < -0.39 is 0 Å². The molecule has 0 bridgehead atoms. The molecule has 0 amide bonds. The van der Waals surface area contributed by atoms with Gasteiger partial charge < -0.3 is 5.32 Å². The predicted molar refractivity (Wildman–Crippen MR) is 67.6 cm³/mol. The molecule has 0 aliphatic rings. The SMILES string of the molecule is CCC(NCCc1ncn[nH]1)c1ccccc1. The first kappa shape index (κ1) is 11.8. The van der Waals surface area contributed by atoms with Crippen LogP contribution in [0.4, 0.5) is 0 Å². The van der Waals surface area contributed by atoms with E-state index in [0.717, 1.165) is 25.2 Å². The van der Waals surface area contributed by atoms with Crippen molar-refractivity contribution in [1.82, 2.24) is 20.5 Å². The summed E-state index contributed by atoms with van der Waals surface area (Å²) in [7, 11) is 0. The molecule has 90 valence electrons. The Kier molecular flexibility index (Phi) is 4.27. The molecule has 1 aromatic heterocycles. The molecule has 1 heterocycles. The first-order valence-corrected chi connectivity index (χ1v) is 6.02. The van der Waals surface area contributed by atoms with Gasteiger partial charge >= 0.3 is 0 Å².